The highest BCUT2D eigenvalue weighted by Gasteiger charge is 2.08. The molecule has 0 atom stereocenters. The minimum atomic E-state index is -0.136. The van der Waals surface area contributed by atoms with E-state index in [-0.39, 0.29) is 11.5 Å². The molecule has 0 heterocycles. The van der Waals surface area contributed by atoms with Gasteiger partial charge in [0.15, 0.2) is 5.78 Å². The molecular formula is C12H13ClO2. The van der Waals surface area contributed by atoms with Gasteiger partial charge in [-0.2, -0.15) is 0 Å². The van der Waals surface area contributed by atoms with E-state index in [1.807, 2.05) is 13.0 Å². The maximum atomic E-state index is 11.1. The number of Topliss-reactive ketones (excluding diaryl/α,β-unsaturated/α-hetero) is 1. The number of benzene rings is 1. The fourth-order valence-corrected chi connectivity index (χ4v) is 1.43. The summed E-state index contributed by atoms with van der Waals surface area (Å²) in [7, 11) is 0. The average molecular weight is 225 g/mol. The van der Waals surface area contributed by atoms with Gasteiger partial charge in [-0.25, -0.2) is 0 Å². The highest BCUT2D eigenvalue weighted by molar-refractivity contribution is 6.19. The maximum Gasteiger partial charge on any atom is 0.163 e. The van der Waals surface area contributed by atoms with Gasteiger partial charge in [-0.05, 0) is 37.1 Å². The van der Waals surface area contributed by atoms with Gasteiger partial charge in [0, 0.05) is 5.88 Å². The summed E-state index contributed by atoms with van der Waals surface area (Å²) in [4.78, 5) is 11.1. The van der Waals surface area contributed by atoms with Gasteiger partial charge < -0.3 is 5.11 Å². The fourth-order valence-electron chi connectivity index (χ4n) is 1.35. The SMILES string of the molecule is CC(=O)c1cc(C)c(C=CCCl)cc1O. The predicted molar refractivity (Wildman–Crippen MR) is 62.6 cm³/mol. The molecule has 0 bridgehead atoms. The molecule has 15 heavy (non-hydrogen) atoms. The zero-order valence-electron chi connectivity index (χ0n) is 8.75. The van der Waals surface area contributed by atoms with Crippen LogP contribution in [0.2, 0.25) is 0 Å². The molecule has 0 aromatic heterocycles. The van der Waals surface area contributed by atoms with Crippen molar-refractivity contribution < 1.29 is 9.90 Å². The summed E-state index contributed by atoms with van der Waals surface area (Å²) < 4.78 is 0. The third-order valence-corrected chi connectivity index (χ3v) is 2.33. The van der Waals surface area contributed by atoms with E-state index in [2.05, 4.69) is 0 Å². The van der Waals surface area contributed by atoms with Gasteiger partial charge >= 0.3 is 0 Å². The van der Waals surface area contributed by atoms with E-state index in [9.17, 15) is 9.90 Å². The van der Waals surface area contributed by atoms with E-state index < -0.39 is 0 Å². The van der Waals surface area contributed by atoms with Gasteiger partial charge in [0.1, 0.15) is 5.75 Å². The zero-order valence-corrected chi connectivity index (χ0v) is 9.51. The molecule has 0 aliphatic carbocycles. The molecule has 1 N–H and O–H groups in total. The molecule has 1 aromatic rings. The van der Waals surface area contributed by atoms with Gasteiger partial charge in [-0.1, -0.05) is 12.2 Å². The standard InChI is InChI=1S/C12H13ClO2/c1-8-6-11(9(2)14)12(15)7-10(8)4-3-5-13/h3-4,6-7,15H,5H2,1-2H3. The van der Waals surface area contributed by atoms with Crippen molar-refractivity contribution in [2.75, 3.05) is 5.88 Å². The summed E-state index contributed by atoms with van der Waals surface area (Å²) in [5, 5.41) is 9.60. The summed E-state index contributed by atoms with van der Waals surface area (Å²) in [6, 6.07) is 3.26. The summed E-state index contributed by atoms with van der Waals surface area (Å²) in [6.07, 6.45) is 3.61. The highest BCUT2D eigenvalue weighted by atomic mass is 35.5. The molecule has 0 amide bonds. The Hall–Kier alpha value is -1.28. The first-order valence-corrected chi connectivity index (χ1v) is 5.16. The number of rotatable bonds is 3. The number of aromatic hydroxyl groups is 1. The molecule has 0 fully saturated rings. The Kier molecular flexibility index (Phi) is 3.92. The number of allylic oxidation sites excluding steroid dienone is 1. The smallest absolute Gasteiger partial charge is 0.163 e. The van der Waals surface area contributed by atoms with E-state index >= 15 is 0 Å². The van der Waals surface area contributed by atoms with Crippen molar-refractivity contribution in [3.05, 3.63) is 34.9 Å². The van der Waals surface area contributed by atoms with Crippen LogP contribution >= 0.6 is 11.6 Å². The topological polar surface area (TPSA) is 37.3 Å². The van der Waals surface area contributed by atoms with E-state index in [4.69, 9.17) is 11.6 Å². The average Bonchev–Trinajstić information content (AvgIpc) is 2.18. The van der Waals surface area contributed by atoms with Crippen molar-refractivity contribution in [2.24, 2.45) is 0 Å². The number of halogens is 1. The Morgan fingerprint density at radius 2 is 2.20 bits per heavy atom. The second-order valence-electron chi connectivity index (χ2n) is 3.34. The lowest BCUT2D eigenvalue weighted by atomic mass is 10.0. The Morgan fingerprint density at radius 1 is 1.53 bits per heavy atom. The zero-order chi connectivity index (χ0) is 11.4. The molecule has 1 aromatic carbocycles. The molecule has 3 heteroatoms. The Labute approximate surface area is 94.2 Å². The van der Waals surface area contributed by atoms with Crippen molar-refractivity contribution in [2.45, 2.75) is 13.8 Å². The molecule has 0 unspecified atom stereocenters. The number of carbonyl (C=O) groups is 1. The van der Waals surface area contributed by atoms with Crippen LogP contribution in [0.25, 0.3) is 6.08 Å². The molecule has 0 saturated heterocycles. The van der Waals surface area contributed by atoms with Crippen molar-refractivity contribution >= 4 is 23.5 Å². The van der Waals surface area contributed by atoms with Crippen LogP contribution in [0.4, 0.5) is 0 Å². The van der Waals surface area contributed by atoms with Crippen LogP contribution in [0.1, 0.15) is 28.4 Å². The van der Waals surface area contributed by atoms with Crippen LogP contribution in [0.3, 0.4) is 0 Å². The number of aryl methyl sites for hydroxylation is 1. The van der Waals surface area contributed by atoms with Gasteiger partial charge in [0.25, 0.3) is 0 Å². The molecule has 1 rings (SSSR count). The highest BCUT2D eigenvalue weighted by Crippen LogP contribution is 2.23. The lowest BCUT2D eigenvalue weighted by Gasteiger charge is -2.05. The minimum Gasteiger partial charge on any atom is -0.507 e. The first-order valence-electron chi connectivity index (χ1n) is 4.63. The van der Waals surface area contributed by atoms with Gasteiger partial charge in [0.2, 0.25) is 0 Å². The number of ketones is 1. The van der Waals surface area contributed by atoms with Crippen molar-refractivity contribution in [1.82, 2.24) is 0 Å². The summed E-state index contributed by atoms with van der Waals surface area (Å²) in [6.45, 7) is 3.32. The summed E-state index contributed by atoms with van der Waals surface area (Å²) in [5.74, 6) is 0.306. The number of carbonyl (C=O) groups excluding carboxylic acids is 1. The van der Waals surface area contributed by atoms with Crippen LogP contribution in [-0.2, 0) is 0 Å². The number of phenolic OH excluding ortho intramolecular Hbond substituents is 1. The summed E-state index contributed by atoms with van der Waals surface area (Å²) in [5.41, 5.74) is 2.17. The third-order valence-electron chi connectivity index (χ3n) is 2.15. The first kappa shape index (κ1) is 11.8. The molecule has 0 saturated carbocycles. The minimum absolute atomic E-state index is 0.0160. The molecule has 0 spiro atoms. The number of alkyl halides is 1. The monoisotopic (exact) mass is 224 g/mol. The van der Waals surface area contributed by atoms with E-state index in [1.165, 1.54) is 6.92 Å². The predicted octanol–water partition coefficient (Wildman–Crippen LogP) is 3.16. The number of phenols is 1. The molecule has 0 aliphatic heterocycles. The second-order valence-corrected chi connectivity index (χ2v) is 3.65. The molecule has 80 valence electrons. The largest absolute Gasteiger partial charge is 0.507 e. The Balaban J connectivity index is 3.19. The number of hydrogen-bond donors (Lipinski definition) is 1. The first-order chi connectivity index (χ1) is 7.06. The van der Waals surface area contributed by atoms with E-state index in [0.29, 0.717) is 11.4 Å². The lowest BCUT2D eigenvalue weighted by Crippen LogP contribution is -1.95. The number of hydrogen-bond acceptors (Lipinski definition) is 2. The molecule has 0 aliphatic rings. The molecule has 2 nitrogen and oxygen atoms in total. The van der Waals surface area contributed by atoms with Crippen molar-refractivity contribution in [3.63, 3.8) is 0 Å². The van der Waals surface area contributed by atoms with Crippen LogP contribution < -0.4 is 0 Å². The van der Waals surface area contributed by atoms with Crippen LogP contribution in [0.5, 0.6) is 5.75 Å². The van der Waals surface area contributed by atoms with E-state index in [1.54, 1.807) is 18.2 Å². The van der Waals surface area contributed by atoms with Crippen molar-refractivity contribution in [3.8, 4) is 5.75 Å². The Morgan fingerprint density at radius 3 is 2.73 bits per heavy atom. The second kappa shape index (κ2) is 4.99. The third kappa shape index (κ3) is 2.83. The Bertz CT molecular complexity index is 408. The van der Waals surface area contributed by atoms with Gasteiger partial charge in [-0.3, -0.25) is 4.79 Å². The van der Waals surface area contributed by atoms with Gasteiger partial charge in [-0.15, -0.1) is 11.6 Å². The van der Waals surface area contributed by atoms with Crippen molar-refractivity contribution in [1.29, 1.82) is 0 Å². The van der Waals surface area contributed by atoms with E-state index in [0.717, 1.165) is 11.1 Å². The maximum absolute atomic E-state index is 11.1. The van der Waals surface area contributed by atoms with Crippen LogP contribution in [-0.4, -0.2) is 16.8 Å². The quantitative estimate of drug-likeness (QED) is 0.633. The molecule has 0 radical (unpaired) electrons. The van der Waals surface area contributed by atoms with Gasteiger partial charge in [0.05, 0.1) is 5.56 Å². The normalized spacial score (nSPS) is 10.9. The molecular weight excluding hydrogens is 212 g/mol. The fraction of sp³-hybridized carbons (Fsp3) is 0.250. The van der Waals surface area contributed by atoms with Crippen LogP contribution in [0, 0.1) is 6.92 Å². The lowest BCUT2D eigenvalue weighted by molar-refractivity contribution is 0.101. The summed E-state index contributed by atoms with van der Waals surface area (Å²) >= 11 is 5.52. The van der Waals surface area contributed by atoms with Crippen LogP contribution in [0.15, 0.2) is 18.2 Å².